The third-order valence-corrected chi connectivity index (χ3v) is 9.13. The number of nitrogens with one attached hydrogen (secondary N) is 2. The van der Waals surface area contributed by atoms with Crippen LogP contribution in [-0.4, -0.2) is 77.4 Å². The molecule has 260 valence electrons. The van der Waals surface area contributed by atoms with E-state index in [4.69, 9.17) is 5.73 Å². The van der Waals surface area contributed by atoms with Gasteiger partial charge in [-0.2, -0.15) is 9.99 Å². The Morgan fingerprint density at radius 2 is 1.73 bits per heavy atom. The van der Waals surface area contributed by atoms with Crippen LogP contribution in [0.15, 0.2) is 47.6 Å². The number of nitriles is 1. The number of carbonyl (C=O) groups excluding carboxylic acids is 2. The molecule has 0 spiro atoms. The summed E-state index contributed by atoms with van der Waals surface area (Å²) in [6.07, 6.45) is 3.08. The van der Waals surface area contributed by atoms with Crippen LogP contribution in [0, 0.1) is 22.5 Å². The number of pyridine rings is 1. The van der Waals surface area contributed by atoms with Gasteiger partial charge in [-0.25, -0.2) is 9.97 Å². The summed E-state index contributed by atoms with van der Waals surface area (Å²) in [5.41, 5.74) is 8.94. The van der Waals surface area contributed by atoms with Gasteiger partial charge in [-0.3, -0.25) is 14.5 Å². The molecule has 0 saturated carbocycles. The van der Waals surface area contributed by atoms with Crippen LogP contribution in [-0.2, 0) is 21.8 Å². The Labute approximate surface area is 304 Å². The predicted octanol–water partition coefficient (Wildman–Crippen LogP) is 3.82. The van der Waals surface area contributed by atoms with Crippen LogP contribution < -0.4 is 21.1 Å². The molecular formula is C32H42Cl3N9O3S. The number of halogens is 3. The van der Waals surface area contributed by atoms with E-state index >= 15 is 0 Å². The number of nitrogen functional groups attached to an aromatic ring is 1. The van der Waals surface area contributed by atoms with E-state index in [1.807, 2.05) is 11.0 Å². The highest BCUT2D eigenvalue weighted by atomic mass is 35.5. The Hall–Kier alpha value is -3.38. The van der Waals surface area contributed by atoms with E-state index in [0.29, 0.717) is 39.9 Å². The Kier molecular flexibility index (Phi) is 16.6. The summed E-state index contributed by atoms with van der Waals surface area (Å²) in [7, 11) is 0. The van der Waals surface area contributed by atoms with Crippen molar-refractivity contribution < 1.29 is 14.3 Å². The Balaban J connectivity index is 0.00000267. The molecule has 2 amide bonds. The molecule has 5 rings (SSSR count). The molecule has 0 unspecified atom stereocenters. The van der Waals surface area contributed by atoms with Gasteiger partial charge in [-0.05, 0) is 50.0 Å². The lowest BCUT2D eigenvalue weighted by atomic mass is 9.97. The minimum atomic E-state index is -0.187. The number of piperidine rings is 1. The van der Waals surface area contributed by atoms with Crippen LogP contribution in [0.4, 0.5) is 11.5 Å². The fourth-order valence-corrected chi connectivity index (χ4v) is 6.59. The fraction of sp³-hybridized carbons (Fsp3) is 0.438. The van der Waals surface area contributed by atoms with E-state index in [0.717, 1.165) is 56.5 Å². The molecule has 4 heterocycles. The lowest BCUT2D eigenvalue weighted by Crippen LogP contribution is -2.50. The number of aromatic nitrogens is 3. The predicted molar refractivity (Wildman–Crippen MR) is 195 cm³/mol. The second kappa shape index (κ2) is 19.6. The van der Waals surface area contributed by atoms with Crippen LogP contribution in [0.1, 0.15) is 43.1 Å². The Morgan fingerprint density at radius 3 is 2.38 bits per heavy atom. The third-order valence-electron chi connectivity index (χ3n) is 8.25. The van der Waals surface area contributed by atoms with Gasteiger partial charge in [0.1, 0.15) is 17.5 Å². The van der Waals surface area contributed by atoms with Gasteiger partial charge in [-0.1, -0.05) is 23.9 Å². The molecule has 2 fully saturated rings. The Bertz CT molecular complexity index is 1560. The number of nitrogens with two attached hydrogens (primary N) is 1. The van der Waals surface area contributed by atoms with Gasteiger partial charge in [0.25, 0.3) is 0 Å². The second-order valence-electron chi connectivity index (χ2n) is 11.5. The smallest absolute Gasteiger partial charge is 0.223 e. The molecule has 1 aromatic carbocycles. The highest BCUT2D eigenvalue weighted by molar-refractivity contribution is 7.98. The van der Waals surface area contributed by atoms with Crippen molar-refractivity contribution in [2.75, 3.05) is 56.9 Å². The number of aryl methyl sites for hydroxylation is 1. The van der Waals surface area contributed by atoms with Crippen LogP contribution in [0.2, 0.25) is 0 Å². The summed E-state index contributed by atoms with van der Waals surface area (Å²) < 4.78 is 0.881. The van der Waals surface area contributed by atoms with E-state index in [1.54, 1.807) is 36.4 Å². The minimum Gasteiger partial charge on any atom is -0.618 e. The summed E-state index contributed by atoms with van der Waals surface area (Å²) in [5, 5.41) is 29.3. The third kappa shape index (κ3) is 10.8. The standard InChI is InChI=1S/C32H39N9O3S.3ClH/c1-22(42)36-25-7-5-24(6-8-25)30-28(19-33)31(34)38-32(37-30)45-21-27-4-2-3-26(41(27)44)9-10-29(43)40-17-15-39(16-18-40)20-23-11-13-35-14-12-23;;;/h2-8,23,35H,9-18,20-21H2,1H3,(H,36,42)(H2,34,37,38);3*1H. The monoisotopic (exact) mass is 737 g/mol. The van der Waals surface area contributed by atoms with Gasteiger partial charge in [0.15, 0.2) is 10.9 Å². The fourth-order valence-electron chi connectivity index (χ4n) is 5.78. The highest BCUT2D eigenvalue weighted by Crippen LogP contribution is 2.29. The molecule has 2 aliphatic heterocycles. The molecule has 3 aromatic rings. The van der Waals surface area contributed by atoms with Gasteiger partial charge in [0, 0.05) is 75.9 Å². The molecule has 0 atom stereocenters. The summed E-state index contributed by atoms with van der Waals surface area (Å²) in [4.78, 5) is 37.6. The molecule has 2 saturated heterocycles. The molecule has 0 aliphatic carbocycles. The van der Waals surface area contributed by atoms with E-state index in [1.165, 1.54) is 31.5 Å². The quantitative estimate of drug-likeness (QED) is 0.120. The first kappa shape index (κ1) is 40.8. The number of anilines is 2. The van der Waals surface area contributed by atoms with Crippen LogP contribution in [0.3, 0.4) is 0 Å². The van der Waals surface area contributed by atoms with Crippen molar-refractivity contribution in [1.82, 2.24) is 25.1 Å². The van der Waals surface area contributed by atoms with Gasteiger partial charge in [0.05, 0.1) is 11.4 Å². The number of rotatable bonds is 10. The maximum absolute atomic E-state index is 13.2. The van der Waals surface area contributed by atoms with Crippen molar-refractivity contribution in [3.8, 4) is 17.3 Å². The summed E-state index contributed by atoms with van der Waals surface area (Å²) >= 11 is 1.24. The maximum Gasteiger partial charge on any atom is 0.223 e. The molecule has 4 N–H and O–H groups in total. The van der Waals surface area contributed by atoms with Gasteiger partial charge in [0.2, 0.25) is 17.5 Å². The average Bonchev–Trinajstić information content (AvgIpc) is 3.04. The van der Waals surface area contributed by atoms with Gasteiger partial charge in [-0.15, -0.1) is 37.2 Å². The molecule has 2 aromatic heterocycles. The zero-order chi connectivity index (χ0) is 31.8. The Morgan fingerprint density at radius 1 is 1.06 bits per heavy atom. The molecule has 16 heteroatoms. The number of hydrogen-bond donors (Lipinski definition) is 3. The SMILES string of the molecule is CC(=O)Nc1ccc(-c2nc(SCc3cccc(CCC(=O)N4CCN(CC5CCNCC5)CC4)[n+]3[O-])nc(N)c2C#N)cc1.Cl.Cl.Cl. The van der Waals surface area contributed by atoms with Crippen molar-refractivity contribution in [2.24, 2.45) is 5.92 Å². The molecule has 0 radical (unpaired) electrons. The minimum absolute atomic E-state index is 0. The van der Waals surface area contributed by atoms with Crippen LogP contribution in [0.5, 0.6) is 0 Å². The summed E-state index contributed by atoms with van der Waals surface area (Å²) in [6.45, 7) is 7.99. The molecule has 12 nitrogen and oxygen atoms in total. The number of thioether (sulfide) groups is 1. The van der Waals surface area contributed by atoms with Gasteiger partial charge >= 0.3 is 0 Å². The number of hydrogen-bond acceptors (Lipinski definition) is 10. The second-order valence-corrected chi connectivity index (χ2v) is 12.4. The van der Waals surface area contributed by atoms with E-state index in [2.05, 4.69) is 31.6 Å². The number of amides is 2. The zero-order valence-corrected chi connectivity index (χ0v) is 30.0. The first-order valence-corrected chi connectivity index (χ1v) is 16.3. The van der Waals surface area contributed by atoms with Crippen molar-refractivity contribution >= 4 is 72.3 Å². The first-order valence-electron chi connectivity index (χ1n) is 15.3. The summed E-state index contributed by atoms with van der Waals surface area (Å²) in [6, 6.07) is 14.3. The zero-order valence-electron chi connectivity index (χ0n) is 26.7. The van der Waals surface area contributed by atoms with Crippen molar-refractivity contribution in [3.05, 3.63) is 64.6 Å². The lowest BCUT2D eigenvalue weighted by molar-refractivity contribution is -0.621. The van der Waals surface area contributed by atoms with Crippen LogP contribution >= 0.6 is 49.0 Å². The van der Waals surface area contributed by atoms with Crippen molar-refractivity contribution in [2.45, 2.75) is 43.5 Å². The molecule has 2 aliphatic rings. The number of carbonyl (C=O) groups is 2. The molecular weight excluding hydrogens is 697 g/mol. The lowest BCUT2D eigenvalue weighted by Gasteiger charge is -2.37. The van der Waals surface area contributed by atoms with E-state index < -0.39 is 0 Å². The van der Waals surface area contributed by atoms with Crippen molar-refractivity contribution in [1.29, 1.82) is 5.26 Å². The number of nitrogens with zero attached hydrogens (tertiary/aromatic N) is 6. The van der Waals surface area contributed by atoms with Crippen LogP contribution in [0.25, 0.3) is 11.3 Å². The highest BCUT2D eigenvalue weighted by Gasteiger charge is 2.25. The number of piperazine rings is 1. The van der Waals surface area contributed by atoms with E-state index in [-0.39, 0.29) is 72.6 Å². The average molecular weight is 739 g/mol. The molecule has 0 bridgehead atoms. The summed E-state index contributed by atoms with van der Waals surface area (Å²) in [5.74, 6) is 0.953. The maximum atomic E-state index is 13.2. The van der Waals surface area contributed by atoms with Crippen molar-refractivity contribution in [3.63, 3.8) is 0 Å². The number of benzene rings is 1. The largest absolute Gasteiger partial charge is 0.618 e. The van der Waals surface area contributed by atoms with Gasteiger partial charge < -0.3 is 26.5 Å². The molecule has 48 heavy (non-hydrogen) atoms. The topological polar surface area (TPSA) is 167 Å². The van der Waals surface area contributed by atoms with E-state index in [9.17, 15) is 20.1 Å². The normalized spacial score (nSPS) is 14.9. The first-order chi connectivity index (χ1) is 21.8.